The third-order valence-corrected chi connectivity index (χ3v) is 2.51. The minimum absolute atomic E-state index is 0.00691. The Labute approximate surface area is 132 Å². The van der Waals surface area contributed by atoms with Gasteiger partial charge in [-0.15, -0.1) is 13.2 Å². The van der Waals surface area contributed by atoms with Crippen molar-refractivity contribution in [3.8, 4) is 5.75 Å². The van der Waals surface area contributed by atoms with Crippen LogP contribution in [-0.4, -0.2) is 31.7 Å². The molecule has 0 heterocycles. The standard InChI is InChI=1S/C15H20F3NO4/c1-14(2,3)19-13(20)22-12(9-21-4)10-6-5-7-11(8-10)23-15(16,17)18/h5-8,12H,9H2,1-4H3,(H,19,20)/t12-/m0/s1. The second-order valence-corrected chi connectivity index (χ2v) is 5.84. The Morgan fingerprint density at radius 3 is 2.43 bits per heavy atom. The number of methoxy groups -OCH3 is 1. The fourth-order valence-corrected chi connectivity index (χ4v) is 1.73. The van der Waals surface area contributed by atoms with Crippen LogP contribution in [0.4, 0.5) is 18.0 Å². The zero-order chi connectivity index (χ0) is 17.7. The number of carbonyl (C=O) groups is 1. The Morgan fingerprint density at radius 2 is 1.91 bits per heavy atom. The Hall–Kier alpha value is -1.96. The van der Waals surface area contributed by atoms with E-state index < -0.39 is 29.8 Å². The van der Waals surface area contributed by atoms with Crippen molar-refractivity contribution < 1.29 is 32.2 Å². The highest BCUT2D eigenvalue weighted by molar-refractivity contribution is 5.68. The maximum atomic E-state index is 12.3. The van der Waals surface area contributed by atoms with Crippen molar-refractivity contribution in [2.24, 2.45) is 0 Å². The van der Waals surface area contributed by atoms with E-state index in [0.717, 1.165) is 12.1 Å². The zero-order valence-corrected chi connectivity index (χ0v) is 13.4. The molecule has 23 heavy (non-hydrogen) atoms. The van der Waals surface area contributed by atoms with Gasteiger partial charge in [0, 0.05) is 12.6 Å². The maximum absolute atomic E-state index is 12.3. The molecule has 0 unspecified atom stereocenters. The molecule has 5 nitrogen and oxygen atoms in total. The summed E-state index contributed by atoms with van der Waals surface area (Å²) < 4.78 is 50.9. The summed E-state index contributed by atoms with van der Waals surface area (Å²) >= 11 is 0. The second-order valence-electron chi connectivity index (χ2n) is 5.84. The highest BCUT2D eigenvalue weighted by Crippen LogP contribution is 2.27. The summed E-state index contributed by atoms with van der Waals surface area (Å²) in [5.41, 5.74) is -0.173. The Balaban J connectivity index is 2.88. The molecule has 1 aromatic carbocycles. The van der Waals surface area contributed by atoms with Gasteiger partial charge in [0.25, 0.3) is 0 Å². The van der Waals surface area contributed by atoms with Crippen LogP contribution in [0.3, 0.4) is 0 Å². The first-order chi connectivity index (χ1) is 10.5. The van der Waals surface area contributed by atoms with E-state index in [2.05, 4.69) is 10.1 Å². The van der Waals surface area contributed by atoms with Crippen molar-refractivity contribution >= 4 is 6.09 Å². The number of hydrogen-bond donors (Lipinski definition) is 1. The summed E-state index contributed by atoms with van der Waals surface area (Å²) in [5, 5.41) is 2.60. The molecule has 1 amide bonds. The summed E-state index contributed by atoms with van der Waals surface area (Å²) in [6.07, 6.45) is -6.35. The molecule has 0 spiro atoms. The van der Waals surface area contributed by atoms with E-state index in [1.54, 1.807) is 20.8 Å². The van der Waals surface area contributed by atoms with E-state index in [1.807, 2.05) is 0 Å². The minimum atomic E-state index is -4.79. The lowest BCUT2D eigenvalue weighted by atomic mass is 10.1. The number of amides is 1. The monoisotopic (exact) mass is 335 g/mol. The lowest BCUT2D eigenvalue weighted by Gasteiger charge is -2.24. The van der Waals surface area contributed by atoms with Gasteiger partial charge in [-0.3, -0.25) is 0 Å². The molecule has 0 aromatic heterocycles. The van der Waals surface area contributed by atoms with Gasteiger partial charge in [-0.05, 0) is 38.5 Å². The first-order valence-electron chi connectivity index (χ1n) is 6.83. The molecule has 0 saturated carbocycles. The molecule has 1 aromatic rings. The van der Waals surface area contributed by atoms with E-state index in [4.69, 9.17) is 9.47 Å². The smallest absolute Gasteiger partial charge is 0.439 e. The van der Waals surface area contributed by atoms with Crippen LogP contribution in [0.25, 0.3) is 0 Å². The number of alkyl halides is 3. The summed E-state index contributed by atoms with van der Waals surface area (Å²) in [5.74, 6) is -0.393. The van der Waals surface area contributed by atoms with Gasteiger partial charge in [0.05, 0.1) is 6.61 Å². The van der Waals surface area contributed by atoms with E-state index in [-0.39, 0.29) is 6.61 Å². The topological polar surface area (TPSA) is 56.8 Å². The highest BCUT2D eigenvalue weighted by atomic mass is 19.4. The molecule has 0 saturated heterocycles. The van der Waals surface area contributed by atoms with Crippen LogP contribution in [0.1, 0.15) is 32.4 Å². The molecule has 0 fully saturated rings. The van der Waals surface area contributed by atoms with Crippen LogP contribution in [0.15, 0.2) is 24.3 Å². The molecule has 130 valence electrons. The third-order valence-electron chi connectivity index (χ3n) is 2.51. The molecule has 1 atom stereocenters. The van der Waals surface area contributed by atoms with E-state index >= 15 is 0 Å². The fourth-order valence-electron chi connectivity index (χ4n) is 1.73. The average Bonchev–Trinajstić information content (AvgIpc) is 2.34. The van der Waals surface area contributed by atoms with Crippen LogP contribution in [0.2, 0.25) is 0 Å². The van der Waals surface area contributed by atoms with Gasteiger partial charge in [0.15, 0.2) is 6.10 Å². The van der Waals surface area contributed by atoms with Crippen LogP contribution in [0.5, 0.6) is 5.75 Å². The normalized spacial score (nSPS) is 13.3. The molecular weight excluding hydrogens is 315 g/mol. The predicted molar refractivity (Wildman–Crippen MR) is 77.1 cm³/mol. The quantitative estimate of drug-likeness (QED) is 0.889. The third kappa shape index (κ3) is 7.73. The van der Waals surface area contributed by atoms with Gasteiger partial charge in [-0.25, -0.2) is 4.79 Å². The van der Waals surface area contributed by atoms with Crippen molar-refractivity contribution in [3.63, 3.8) is 0 Å². The lowest BCUT2D eigenvalue weighted by molar-refractivity contribution is -0.274. The van der Waals surface area contributed by atoms with Crippen molar-refractivity contribution in [1.82, 2.24) is 5.32 Å². The number of ether oxygens (including phenoxy) is 3. The number of nitrogens with one attached hydrogen (secondary N) is 1. The number of carbonyl (C=O) groups excluding carboxylic acids is 1. The number of rotatable bonds is 5. The Kier molecular flexibility index (Phi) is 6.26. The summed E-state index contributed by atoms with van der Waals surface area (Å²) in [7, 11) is 1.40. The largest absolute Gasteiger partial charge is 0.573 e. The average molecular weight is 335 g/mol. The van der Waals surface area contributed by atoms with Gasteiger partial charge < -0.3 is 19.5 Å². The molecule has 0 aliphatic heterocycles. The molecule has 0 radical (unpaired) electrons. The second kappa shape index (κ2) is 7.54. The summed E-state index contributed by atoms with van der Waals surface area (Å²) in [4.78, 5) is 11.8. The van der Waals surface area contributed by atoms with Crippen molar-refractivity contribution in [1.29, 1.82) is 0 Å². The van der Waals surface area contributed by atoms with Crippen LogP contribution < -0.4 is 10.1 Å². The molecule has 0 bridgehead atoms. The number of halogens is 3. The van der Waals surface area contributed by atoms with Crippen molar-refractivity contribution in [2.75, 3.05) is 13.7 Å². The molecule has 1 N–H and O–H groups in total. The van der Waals surface area contributed by atoms with E-state index in [1.165, 1.54) is 19.2 Å². The van der Waals surface area contributed by atoms with Gasteiger partial charge in [0.1, 0.15) is 5.75 Å². The molecule has 0 aliphatic rings. The van der Waals surface area contributed by atoms with Crippen molar-refractivity contribution in [2.45, 2.75) is 38.8 Å². The minimum Gasteiger partial charge on any atom is -0.439 e. The Bertz CT molecular complexity index is 526. The predicted octanol–water partition coefficient (Wildman–Crippen LogP) is 3.80. The highest BCUT2D eigenvalue weighted by Gasteiger charge is 2.31. The van der Waals surface area contributed by atoms with E-state index in [0.29, 0.717) is 5.56 Å². The molecule has 0 aliphatic carbocycles. The van der Waals surface area contributed by atoms with Gasteiger partial charge in [-0.1, -0.05) is 12.1 Å². The Morgan fingerprint density at radius 1 is 1.26 bits per heavy atom. The van der Waals surface area contributed by atoms with Gasteiger partial charge >= 0.3 is 12.5 Å². The molecule has 1 rings (SSSR count). The van der Waals surface area contributed by atoms with Crippen molar-refractivity contribution in [3.05, 3.63) is 29.8 Å². The number of alkyl carbamates (subject to hydrolysis) is 1. The maximum Gasteiger partial charge on any atom is 0.573 e. The van der Waals surface area contributed by atoms with E-state index in [9.17, 15) is 18.0 Å². The summed E-state index contributed by atoms with van der Waals surface area (Å²) in [6, 6.07) is 5.22. The number of hydrogen-bond acceptors (Lipinski definition) is 4. The SMILES string of the molecule is COC[C@H](OC(=O)NC(C)(C)C)c1cccc(OC(F)(F)F)c1. The summed E-state index contributed by atoms with van der Waals surface area (Å²) in [6.45, 7) is 5.32. The fraction of sp³-hybridized carbons (Fsp3) is 0.533. The number of benzene rings is 1. The molecular formula is C15H20F3NO4. The van der Waals surface area contributed by atoms with Gasteiger partial charge in [-0.2, -0.15) is 0 Å². The van der Waals surface area contributed by atoms with Crippen LogP contribution >= 0.6 is 0 Å². The zero-order valence-electron chi connectivity index (χ0n) is 13.4. The lowest BCUT2D eigenvalue weighted by Crippen LogP contribution is -2.41. The first kappa shape index (κ1) is 19.1. The molecule has 8 heteroatoms. The van der Waals surface area contributed by atoms with Crippen LogP contribution in [-0.2, 0) is 9.47 Å². The van der Waals surface area contributed by atoms with Crippen LogP contribution in [0, 0.1) is 0 Å². The first-order valence-corrected chi connectivity index (χ1v) is 6.83. The van der Waals surface area contributed by atoms with Gasteiger partial charge in [0.2, 0.25) is 0 Å².